The third kappa shape index (κ3) is 2.96. The molecule has 0 radical (unpaired) electrons. The molecule has 0 bridgehead atoms. The first-order valence-corrected chi connectivity index (χ1v) is 7.55. The minimum absolute atomic E-state index is 0.150. The lowest BCUT2D eigenvalue weighted by atomic mass is 10.0. The van der Waals surface area contributed by atoms with E-state index in [1.165, 1.54) is 0 Å². The third-order valence-corrected chi connectivity index (χ3v) is 4.25. The van der Waals surface area contributed by atoms with Crippen molar-refractivity contribution in [2.75, 3.05) is 7.05 Å². The molecular formula is C14H16Cl3N3. The van der Waals surface area contributed by atoms with Crippen molar-refractivity contribution in [2.24, 2.45) is 0 Å². The van der Waals surface area contributed by atoms with Gasteiger partial charge >= 0.3 is 0 Å². The molecule has 1 heterocycles. The van der Waals surface area contributed by atoms with E-state index in [1.54, 1.807) is 12.3 Å². The topological polar surface area (TPSA) is 29.9 Å². The monoisotopic (exact) mass is 331 g/mol. The molecule has 3 nitrogen and oxygen atoms in total. The molecule has 0 aliphatic heterocycles. The highest BCUT2D eigenvalue weighted by Gasteiger charge is 2.23. The van der Waals surface area contributed by atoms with Gasteiger partial charge in [0, 0.05) is 6.54 Å². The van der Waals surface area contributed by atoms with Crippen molar-refractivity contribution < 1.29 is 0 Å². The first kappa shape index (κ1) is 15.6. The van der Waals surface area contributed by atoms with Gasteiger partial charge in [-0.2, -0.15) is 5.10 Å². The number of nitrogens with zero attached hydrogens (tertiary/aromatic N) is 2. The Bertz CT molecular complexity index is 595. The standard InChI is InChI=1S/C14H16Cl3N3/c1-3-7-20-14(11(16)8-19-20)13(18-2)9-5-4-6-10(15)12(9)17/h4-6,8,13,18H,3,7H2,1-2H3. The summed E-state index contributed by atoms with van der Waals surface area (Å²) in [5.41, 5.74) is 1.79. The second-order valence-electron chi connectivity index (χ2n) is 4.47. The van der Waals surface area contributed by atoms with Crippen LogP contribution in [0.5, 0.6) is 0 Å². The Morgan fingerprint density at radius 2 is 2.00 bits per heavy atom. The van der Waals surface area contributed by atoms with Crippen LogP contribution in [0.25, 0.3) is 0 Å². The van der Waals surface area contributed by atoms with Crippen LogP contribution in [0.4, 0.5) is 0 Å². The van der Waals surface area contributed by atoms with Crippen molar-refractivity contribution in [3.63, 3.8) is 0 Å². The first-order valence-electron chi connectivity index (χ1n) is 6.42. The molecule has 0 fully saturated rings. The van der Waals surface area contributed by atoms with Gasteiger partial charge in [0.15, 0.2) is 0 Å². The number of benzene rings is 1. The molecule has 0 spiro atoms. The SMILES string of the molecule is CCCn1ncc(Cl)c1C(NC)c1cccc(Cl)c1Cl. The number of hydrogen-bond donors (Lipinski definition) is 1. The Hall–Kier alpha value is -0.740. The molecule has 0 saturated carbocycles. The lowest BCUT2D eigenvalue weighted by Crippen LogP contribution is -2.22. The van der Waals surface area contributed by atoms with Crippen LogP contribution in [0.15, 0.2) is 24.4 Å². The average molecular weight is 333 g/mol. The van der Waals surface area contributed by atoms with E-state index in [-0.39, 0.29) is 6.04 Å². The Kier molecular flexibility index (Phi) is 5.33. The van der Waals surface area contributed by atoms with Crippen molar-refractivity contribution in [3.8, 4) is 0 Å². The van der Waals surface area contributed by atoms with Crippen LogP contribution in [0, 0.1) is 0 Å². The van der Waals surface area contributed by atoms with Crippen LogP contribution in [-0.4, -0.2) is 16.8 Å². The third-order valence-electron chi connectivity index (χ3n) is 3.12. The van der Waals surface area contributed by atoms with Gasteiger partial charge in [-0.1, -0.05) is 53.9 Å². The quantitative estimate of drug-likeness (QED) is 0.869. The van der Waals surface area contributed by atoms with E-state index in [2.05, 4.69) is 17.3 Å². The molecule has 6 heteroatoms. The fourth-order valence-corrected chi connectivity index (χ4v) is 2.90. The van der Waals surface area contributed by atoms with Gasteiger partial charge in [0.1, 0.15) is 0 Å². The van der Waals surface area contributed by atoms with E-state index in [0.717, 1.165) is 24.2 Å². The molecule has 2 aromatic rings. The molecule has 0 aliphatic rings. The smallest absolute Gasteiger partial charge is 0.0837 e. The van der Waals surface area contributed by atoms with Crippen LogP contribution in [0.2, 0.25) is 15.1 Å². The highest BCUT2D eigenvalue weighted by molar-refractivity contribution is 6.42. The molecule has 20 heavy (non-hydrogen) atoms. The van der Waals surface area contributed by atoms with Crippen molar-refractivity contribution in [1.82, 2.24) is 15.1 Å². The van der Waals surface area contributed by atoms with Crippen LogP contribution in [0.3, 0.4) is 0 Å². The van der Waals surface area contributed by atoms with Gasteiger partial charge in [-0.15, -0.1) is 0 Å². The Morgan fingerprint density at radius 1 is 1.25 bits per heavy atom. The predicted molar refractivity (Wildman–Crippen MR) is 84.9 cm³/mol. The summed E-state index contributed by atoms with van der Waals surface area (Å²) in [4.78, 5) is 0. The Balaban J connectivity index is 2.52. The van der Waals surface area contributed by atoms with E-state index >= 15 is 0 Å². The van der Waals surface area contributed by atoms with Gasteiger partial charge < -0.3 is 5.32 Å². The highest BCUT2D eigenvalue weighted by Crippen LogP contribution is 2.35. The largest absolute Gasteiger partial charge is 0.308 e. The molecule has 1 N–H and O–H groups in total. The van der Waals surface area contributed by atoms with Crippen LogP contribution >= 0.6 is 34.8 Å². The summed E-state index contributed by atoms with van der Waals surface area (Å²) in [5, 5.41) is 9.25. The summed E-state index contributed by atoms with van der Waals surface area (Å²) < 4.78 is 1.90. The summed E-state index contributed by atoms with van der Waals surface area (Å²) in [6.07, 6.45) is 2.64. The predicted octanol–water partition coefficient (Wildman–Crippen LogP) is 4.56. The zero-order valence-corrected chi connectivity index (χ0v) is 13.6. The van der Waals surface area contributed by atoms with Gasteiger partial charge in [-0.25, -0.2) is 0 Å². The second kappa shape index (κ2) is 6.81. The summed E-state index contributed by atoms with van der Waals surface area (Å²) in [6, 6.07) is 5.44. The average Bonchev–Trinajstić information content (AvgIpc) is 2.78. The van der Waals surface area contributed by atoms with Crippen molar-refractivity contribution in [2.45, 2.75) is 25.9 Å². The van der Waals surface area contributed by atoms with E-state index in [4.69, 9.17) is 34.8 Å². The number of hydrogen-bond acceptors (Lipinski definition) is 2. The second-order valence-corrected chi connectivity index (χ2v) is 5.66. The van der Waals surface area contributed by atoms with Crippen molar-refractivity contribution in [1.29, 1.82) is 0 Å². The maximum atomic E-state index is 6.32. The van der Waals surface area contributed by atoms with Crippen LogP contribution in [-0.2, 0) is 6.54 Å². The maximum absolute atomic E-state index is 6.32. The zero-order valence-electron chi connectivity index (χ0n) is 11.3. The summed E-state index contributed by atoms with van der Waals surface area (Å²) in [6.45, 7) is 2.90. The zero-order chi connectivity index (χ0) is 14.7. The molecule has 1 aromatic heterocycles. The molecule has 0 amide bonds. The molecule has 1 unspecified atom stereocenters. The molecule has 0 aliphatic carbocycles. The highest BCUT2D eigenvalue weighted by atomic mass is 35.5. The van der Waals surface area contributed by atoms with E-state index < -0.39 is 0 Å². The lowest BCUT2D eigenvalue weighted by molar-refractivity contribution is 0.535. The minimum atomic E-state index is -0.150. The molecule has 1 atom stereocenters. The maximum Gasteiger partial charge on any atom is 0.0837 e. The van der Waals surface area contributed by atoms with Gasteiger partial charge in [0.25, 0.3) is 0 Å². The number of halogens is 3. The molecule has 0 saturated heterocycles. The fraction of sp³-hybridized carbons (Fsp3) is 0.357. The van der Waals surface area contributed by atoms with Crippen LogP contribution in [0.1, 0.15) is 30.6 Å². The molecule has 1 aromatic carbocycles. The summed E-state index contributed by atoms with van der Waals surface area (Å²) in [7, 11) is 1.86. The van der Waals surface area contributed by atoms with Crippen molar-refractivity contribution in [3.05, 3.63) is 50.7 Å². The fourth-order valence-electron chi connectivity index (χ4n) is 2.23. The normalized spacial score (nSPS) is 12.7. The summed E-state index contributed by atoms with van der Waals surface area (Å²) >= 11 is 18.7. The van der Waals surface area contributed by atoms with Gasteiger partial charge in [0.05, 0.1) is 33.0 Å². The number of rotatable bonds is 5. The van der Waals surface area contributed by atoms with E-state index in [9.17, 15) is 0 Å². The molecular weight excluding hydrogens is 317 g/mol. The van der Waals surface area contributed by atoms with Crippen LogP contribution < -0.4 is 5.32 Å². The van der Waals surface area contributed by atoms with Gasteiger partial charge in [0.2, 0.25) is 0 Å². The minimum Gasteiger partial charge on any atom is -0.308 e. The van der Waals surface area contributed by atoms with Gasteiger partial charge in [-0.3, -0.25) is 4.68 Å². The summed E-state index contributed by atoms with van der Waals surface area (Å²) in [5.74, 6) is 0. The first-order chi connectivity index (χ1) is 9.60. The number of aromatic nitrogens is 2. The molecule has 108 valence electrons. The van der Waals surface area contributed by atoms with E-state index in [0.29, 0.717) is 15.1 Å². The molecule has 2 rings (SSSR count). The Morgan fingerprint density at radius 3 is 2.65 bits per heavy atom. The Labute approximate surface area is 133 Å². The lowest BCUT2D eigenvalue weighted by Gasteiger charge is -2.20. The van der Waals surface area contributed by atoms with Crippen molar-refractivity contribution >= 4 is 34.8 Å². The number of aryl methyl sites for hydroxylation is 1. The van der Waals surface area contributed by atoms with E-state index in [1.807, 2.05) is 23.9 Å². The van der Waals surface area contributed by atoms with Gasteiger partial charge in [-0.05, 0) is 25.1 Å². The number of nitrogens with one attached hydrogen (secondary N) is 1.